The molecule has 3 aliphatic heterocycles. The van der Waals surface area contributed by atoms with Gasteiger partial charge in [-0.25, -0.2) is 8.42 Å². The highest BCUT2D eigenvalue weighted by Crippen LogP contribution is 2.23. The Morgan fingerprint density at radius 1 is 1.21 bits per heavy atom. The van der Waals surface area contributed by atoms with Gasteiger partial charge in [-0.3, -0.25) is 14.5 Å². The molecule has 0 radical (unpaired) electrons. The summed E-state index contributed by atoms with van der Waals surface area (Å²) >= 11 is 0. The van der Waals surface area contributed by atoms with E-state index >= 15 is 0 Å². The largest absolute Gasteiger partial charge is 0.339 e. The number of amides is 1. The molecule has 8 heteroatoms. The number of hydrogen-bond acceptors (Lipinski definition) is 5. The zero-order valence-electron chi connectivity index (χ0n) is 13.2. The lowest BCUT2D eigenvalue weighted by Crippen LogP contribution is -2.40. The van der Waals surface area contributed by atoms with Crippen molar-refractivity contribution in [2.75, 3.05) is 19.6 Å². The first-order valence-electron chi connectivity index (χ1n) is 8.23. The molecule has 1 aromatic carbocycles. The molecule has 4 rings (SSSR count). The molecule has 1 amide bonds. The predicted octanol–water partition coefficient (Wildman–Crippen LogP) is 0.0780. The van der Waals surface area contributed by atoms with Crippen LogP contribution in [0.5, 0.6) is 0 Å². The van der Waals surface area contributed by atoms with Crippen molar-refractivity contribution in [2.45, 2.75) is 36.2 Å². The zero-order chi connectivity index (χ0) is 16.7. The van der Waals surface area contributed by atoms with E-state index in [4.69, 9.17) is 0 Å². The first kappa shape index (κ1) is 15.6. The van der Waals surface area contributed by atoms with Crippen LogP contribution in [0.1, 0.15) is 24.8 Å². The fraction of sp³-hybridized carbons (Fsp3) is 0.500. The van der Waals surface area contributed by atoms with Crippen LogP contribution in [0.15, 0.2) is 34.2 Å². The van der Waals surface area contributed by atoms with E-state index < -0.39 is 10.0 Å². The maximum absolute atomic E-state index is 12.5. The van der Waals surface area contributed by atoms with Crippen LogP contribution in [-0.2, 0) is 14.8 Å². The van der Waals surface area contributed by atoms with Crippen molar-refractivity contribution in [3.63, 3.8) is 0 Å². The Kier molecular flexibility index (Phi) is 3.80. The average Bonchev–Trinajstić information content (AvgIpc) is 3.02. The summed E-state index contributed by atoms with van der Waals surface area (Å²) < 4.78 is 26.5. The van der Waals surface area contributed by atoms with Crippen LogP contribution in [0.25, 0.3) is 0 Å². The van der Waals surface area contributed by atoms with Gasteiger partial charge in [0.15, 0.2) is 0 Å². The third-order valence-corrected chi connectivity index (χ3v) is 6.31. The van der Waals surface area contributed by atoms with Gasteiger partial charge in [-0.15, -0.1) is 0 Å². The summed E-state index contributed by atoms with van der Waals surface area (Å²) in [6, 6.07) is 7.57. The van der Waals surface area contributed by atoms with Crippen LogP contribution in [0.3, 0.4) is 0 Å². The molecule has 128 valence electrons. The van der Waals surface area contributed by atoms with Crippen molar-refractivity contribution >= 4 is 21.8 Å². The smallest absolute Gasteiger partial charge is 0.263 e. The fourth-order valence-electron chi connectivity index (χ4n) is 3.67. The number of carbonyl (C=O) groups excluding carboxylic acids is 1. The molecule has 7 nitrogen and oxygen atoms in total. The zero-order valence-corrected chi connectivity index (χ0v) is 14.1. The highest BCUT2D eigenvalue weighted by molar-refractivity contribution is 7.90. The number of hydrogen-bond donors (Lipinski definition) is 2. The Hall–Kier alpha value is -1.93. The summed E-state index contributed by atoms with van der Waals surface area (Å²) in [4.78, 5) is 18.8. The van der Waals surface area contributed by atoms with E-state index in [1.807, 2.05) is 4.90 Å². The standard InChI is InChI=1S/C16H20N4O3S/c21-15(20-8-7-11-5-6-12(10-20)18-11)9-17-16-13-3-1-2-4-14(13)24(22,23)19-16/h1-4,11-12,18H,5-10H2,(H,17,19). The summed E-state index contributed by atoms with van der Waals surface area (Å²) in [6.45, 7) is 1.41. The lowest BCUT2D eigenvalue weighted by molar-refractivity contribution is -0.129. The van der Waals surface area contributed by atoms with E-state index in [0.717, 1.165) is 19.4 Å². The normalized spacial score (nSPS) is 29.2. The third kappa shape index (κ3) is 2.80. The minimum absolute atomic E-state index is 0.0381. The highest BCUT2D eigenvalue weighted by atomic mass is 32.2. The topological polar surface area (TPSA) is 90.9 Å². The second kappa shape index (κ2) is 5.86. The molecule has 2 N–H and O–H groups in total. The summed E-state index contributed by atoms with van der Waals surface area (Å²) in [5.74, 6) is 0.203. The Bertz CT molecular complexity index is 805. The number of nitrogens with zero attached hydrogens (tertiary/aromatic N) is 2. The number of carbonyl (C=O) groups is 1. The number of aliphatic imine (C=N–C) groups is 1. The second-order valence-electron chi connectivity index (χ2n) is 6.53. The molecule has 2 bridgehead atoms. The fourth-order valence-corrected chi connectivity index (χ4v) is 4.92. The maximum atomic E-state index is 12.5. The quantitative estimate of drug-likeness (QED) is 0.792. The average molecular weight is 348 g/mol. The number of sulfonamides is 1. The monoisotopic (exact) mass is 348 g/mol. The van der Waals surface area contributed by atoms with Crippen LogP contribution in [0.2, 0.25) is 0 Å². The molecular formula is C16H20N4O3S. The van der Waals surface area contributed by atoms with Crippen LogP contribution < -0.4 is 10.0 Å². The van der Waals surface area contributed by atoms with Gasteiger partial charge in [0.1, 0.15) is 12.4 Å². The van der Waals surface area contributed by atoms with Gasteiger partial charge in [0, 0.05) is 30.7 Å². The first-order chi connectivity index (χ1) is 11.5. The highest BCUT2D eigenvalue weighted by Gasteiger charge is 2.32. The maximum Gasteiger partial charge on any atom is 0.263 e. The Morgan fingerprint density at radius 2 is 2.00 bits per heavy atom. The summed E-state index contributed by atoms with van der Waals surface area (Å²) in [6.07, 6.45) is 3.26. The lowest BCUT2D eigenvalue weighted by Gasteiger charge is -2.23. The van der Waals surface area contributed by atoms with Crippen molar-refractivity contribution in [1.82, 2.24) is 14.9 Å². The van der Waals surface area contributed by atoms with Gasteiger partial charge in [0.2, 0.25) is 5.91 Å². The van der Waals surface area contributed by atoms with Crippen LogP contribution in [0.4, 0.5) is 0 Å². The summed E-state index contributed by atoms with van der Waals surface area (Å²) in [7, 11) is -3.56. The molecule has 0 saturated carbocycles. The molecule has 0 aliphatic carbocycles. The molecule has 1 aromatic rings. The molecule has 0 aromatic heterocycles. The number of nitrogens with one attached hydrogen (secondary N) is 2. The Balaban J connectivity index is 1.48. The minimum Gasteiger partial charge on any atom is -0.339 e. The molecule has 2 saturated heterocycles. The van der Waals surface area contributed by atoms with Crippen molar-refractivity contribution in [1.29, 1.82) is 0 Å². The molecule has 2 atom stereocenters. The van der Waals surface area contributed by atoms with E-state index in [0.29, 0.717) is 24.2 Å². The molecule has 0 spiro atoms. The molecule has 24 heavy (non-hydrogen) atoms. The lowest BCUT2D eigenvalue weighted by atomic mass is 10.1. The van der Waals surface area contributed by atoms with E-state index in [-0.39, 0.29) is 23.2 Å². The van der Waals surface area contributed by atoms with Crippen molar-refractivity contribution < 1.29 is 13.2 Å². The summed E-state index contributed by atoms with van der Waals surface area (Å²) in [5.41, 5.74) is 0.530. The van der Waals surface area contributed by atoms with Gasteiger partial charge in [-0.05, 0) is 31.4 Å². The number of benzene rings is 1. The van der Waals surface area contributed by atoms with Gasteiger partial charge in [0.25, 0.3) is 10.0 Å². The van der Waals surface area contributed by atoms with Gasteiger partial charge in [0.05, 0.1) is 4.90 Å². The third-order valence-electron chi connectivity index (χ3n) is 4.91. The van der Waals surface area contributed by atoms with Gasteiger partial charge in [-0.1, -0.05) is 12.1 Å². The van der Waals surface area contributed by atoms with Crippen molar-refractivity contribution in [3.05, 3.63) is 29.8 Å². The number of rotatable bonds is 2. The Morgan fingerprint density at radius 3 is 2.88 bits per heavy atom. The minimum atomic E-state index is -3.56. The molecule has 3 heterocycles. The number of likely N-dealkylation sites (tertiary alicyclic amines) is 1. The van der Waals surface area contributed by atoms with Crippen LogP contribution >= 0.6 is 0 Å². The molecule has 2 fully saturated rings. The van der Waals surface area contributed by atoms with Gasteiger partial charge in [-0.2, -0.15) is 0 Å². The Labute approximate surface area is 141 Å². The second-order valence-corrected chi connectivity index (χ2v) is 8.18. The van der Waals surface area contributed by atoms with Crippen molar-refractivity contribution in [2.24, 2.45) is 4.99 Å². The molecular weight excluding hydrogens is 328 g/mol. The van der Waals surface area contributed by atoms with Crippen LogP contribution in [-0.4, -0.2) is 56.8 Å². The van der Waals surface area contributed by atoms with E-state index in [1.165, 1.54) is 6.42 Å². The van der Waals surface area contributed by atoms with Crippen molar-refractivity contribution in [3.8, 4) is 0 Å². The van der Waals surface area contributed by atoms with E-state index in [1.54, 1.807) is 24.3 Å². The summed E-state index contributed by atoms with van der Waals surface area (Å²) in [5, 5.41) is 3.54. The molecule has 2 unspecified atom stereocenters. The SMILES string of the molecule is O=C(CN=C1NS(=O)(=O)c2ccccc21)N1CCC2CCC(C1)N2. The van der Waals surface area contributed by atoms with Gasteiger partial charge >= 0.3 is 0 Å². The van der Waals surface area contributed by atoms with Crippen LogP contribution in [0, 0.1) is 0 Å². The van der Waals surface area contributed by atoms with Gasteiger partial charge < -0.3 is 10.2 Å². The number of amidine groups is 1. The first-order valence-corrected chi connectivity index (χ1v) is 9.72. The molecule has 3 aliphatic rings. The predicted molar refractivity (Wildman–Crippen MR) is 89.3 cm³/mol. The van der Waals surface area contributed by atoms with E-state index in [9.17, 15) is 13.2 Å². The number of fused-ring (bicyclic) bond motifs is 3. The van der Waals surface area contributed by atoms with E-state index in [2.05, 4.69) is 15.0 Å².